The number of ether oxygens (including phenoxy) is 3. The number of hydrogen-bond acceptors (Lipinski definition) is 15. The number of nitrogens with zero attached hydrogens (tertiary/aromatic N) is 14. The Morgan fingerprint density at radius 1 is 0.318 bits per heavy atom. The van der Waals surface area contributed by atoms with E-state index in [-0.39, 0.29) is 86.0 Å². The van der Waals surface area contributed by atoms with Gasteiger partial charge in [0.2, 0.25) is 17.7 Å². The first-order chi connectivity index (χ1) is 70.9. The second kappa shape index (κ2) is 48.5. The summed E-state index contributed by atoms with van der Waals surface area (Å²) in [7, 11) is 4.06. The maximum Gasteiger partial charge on any atom is 0.221 e. The van der Waals surface area contributed by atoms with Gasteiger partial charge in [0.25, 0.3) is 0 Å². The van der Waals surface area contributed by atoms with Gasteiger partial charge in [-0.2, -0.15) is 0 Å². The van der Waals surface area contributed by atoms with E-state index < -0.39 is 11.6 Å². The third-order valence-electron chi connectivity index (χ3n) is 23.1. The van der Waals surface area contributed by atoms with Crippen LogP contribution in [0.15, 0.2) is 462 Å². The van der Waals surface area contributed by atoms with E-state index in [1.54, 1.807) is 42.6 Å². The maximum atomic E-state index is 13.2. The molecule has 0 spiro atoms. The quantitative estimate of drug-likeness (QED) is 0.129. The molecule has 12 heterocycles. The summed E-state index contributed by atoms with van der Waals surface area (Å²) in [6.45, 7) is 0. The molecule has 8 aromatic heterocycles. The summed E-state index contributed by atoms with van der Waals surface area (Å²) in [5.41, 5.74) is 19.2. The third-order valence-corrected chi connectivity index (χ3v) is 23.1. The molecule has 0 aliphatic carbocycles. The van der Waals surface area contributed by atoms with Gasteiger partial charge >= 0.3 is 0 Å². The zero-order chi connectivity index (χ0) is 97.3. The second-order valence-corrected chi connectivity index (χ2v) is 32.7. The van der Waals surface area contributed by atoms with E-state index in [1.807, 2.05) is 324 Å². The smallest absolute Gasteiger partial charge is 0.221 e. The number of para-hydroxylation sites is 17. The fraction of sp³-hybridized carbons (Fsp3) is 0.0164. The molecule has 4 aliphatic rings. The molecule has 0 bridgehead atoms. The molecule has 0 saturated carbocycles. The van der Waals surface area contributed by atoms with E-state index in [2.05, 4.69) is 175 Å². The van der Waals surface area contributed by atoms with Crippen LogP contribution in [0.25, 0.3) is 178 Å². The zero-order valence-corrected chi connectivity index (χ0v) is 88.1. The molecule has 16 aromatic carbocycles. The molecular formula is C122H80F2Ir4N14O6-8. The number of fused-ring (bicyclic) bond motifs is 12. The number of rotatable bonds is 8. The van der Waals surface area contributed by atoms with Crippen LogP contribution in [0.3, 0.4) is 0 Å². The van der Waals surface area contributed by atoms with Gasteiger partial charge in [0.15, 0.2) is 16.7 Å². The Bertz CT molecular complexity index is 8310. The summed E-state index contributed by atoms with van der Waals surface area (Å²) >= 11 is 0. The van der Waals surface area contributed by atoms with Crippen LogP contribution >= 0.6 is 0 Å². The molecule has 20 nitrogen and oxygen atoms in total. The van der Waals surface area contributed by atoms with E-state index in [0.717, 1.165) is 158 Å². The number of oxazole rings is 3. The molecular weight excluding hydrogens is 2560 g/mol. The van der Waals surface area contributed by atoms with Crippen LogP contribution in [0.1, 0.15) is 23.5 Å². The first-order valence-electron chi connectivity index (χ1n) is 46.0. The summed E-state index contributed by atoms with van der Waals surface area (Å²) in [5, 5.41) is 26.1. The number of benzene rings is 16. The molecule has 148 heavy (non-hydrogen) atoms. The van der Waals surface area contributed by atoms with Crippen molar-refractivity contribution in [2.75, 3.05) is 11.9 Å². The molecule has 0 unspecified atom stereocenters. The van der Waals surface area contributed by atoms with E-state index in [4.69, 9.17) is 32.4 Å². The molecule has 4 radical (unpaired) electrons. The normalized spacial score (nSPS) is 12.8. The molecule has 4 aliphatic heterocycles. The Hall–Kier alpha value is -17.1. The summed E-state index contributed by atoms with van der Waals surface area (Å²) < 4.78 is 61.5. The average Bonchev–Trinajstić information content (AvgIpc) is 1.54. The van der Waals surface area contributed by atoms with Gasteiger partial charge in [-0.15, -0.1) is 113 Å². The van der Waals surface area contributed by atoms with E-state index in [9.17, 15) is 8.78 Å². The molecule has 732 valence electrons. The monoisotopic (exact) mass is 2650 g/mol. The van der Waals surface area contributed by atoms with E-state index in [0.29, 0.717) is 41.0 Å². The summed E-state index contributed by atoms with van der Waals surface area (Å²) in [6, 6.07) is 143. The SMILES string of the molecule is C(=C1[N-]c2ccccc2O1)c1nc2ccccc2o1.C(=C1[N-]c2ccccc2O1)c1nc2ccccc2o1.C(=C1[N-]c2ccccc2O1)c1nc2ccccc2o1.CN1C(=Cc2nc3ccccc3n2C)[N-]c2ccccc21.Fc1c[c-]c(-c2ccccn2)c(F)c1.[Ir].[Ir].[Ir].[Ir].[c-]1cc2ccccc2cc1-c1ccc2ccccc2n1.[c-]1ccccc1-c1cc2ccccc2cn1.[c-]1ccccc1-c1nccc2ccccc12. The Morgan fingerprint density at radius 2 is 0.797 bits per heavy atom. The van der Waals surface area contributed by atoms with Gasteiger partial charge in [0.05, 0.1) is 16.6 Å². The van der Waals surface area contributed by atoms with Crippen LogP contribution in [0.5, 0.6) is 17.2 Å². The molecule has 0 fully saturated rings. The molecule has 0 saturated heterocycles. The van der Waals surface area contributed by atoms with Crippen LogP contribution < -0.4 is 19.1 Å². The van der Waals surface area contributed by atoms with Crippen LogP contribution in [-0.2, 0) is 87.5 Å². The second-order valence-electron chi connectivity index (χ2n) is 32.7. The number of anilines is 1. The van der Waals surface area contributed by atoms with Gasteiger partial charge in [-0.1, -0.05) is 296 Å². The minimum absolute atomic E-state index is 0. The van der Waals surface area contributed by atoms with Crippen molar-refractivity contribution in [1.82, 2.24) is 44.4 Å². The van der Waals surface area contributed by atoms with Gasteiger partial charge < -0.3 is 73.1 Å². The number of aromatic nitrogens is 9. The maximum absolute atomic E-state index is 13.2. The number of pyridine rings is 4. The number of aryl methyl sites for hydroxylation is 1. The van der Waals surface area contributed by atoms with Crippen molar-refractivity contribution in [1.29, 1.82) is 0 Å². The Morgan fingerprint density at radius 3 is 1.34 bits per heavy atom. The van der Waals surface area contributed by atoms with Gasteiger partial charge in [-0.3, -0.25) is 13.8 Å². The number of halogens is 2. The zero-order valence-electron chi connectivity index (χ0n) is 78.5. The van der Waals surface area contributed by atoms with E-state index >= 15 is 0 Å². The largest absolute Gasteiger partial charge is 0.624 e. The third kappa shape index (κ3) is 24.6. The molecule has 26 heteroatoms. The molecule has 0 N–H and O–H groups in total. The van der Waals surface area contributed by atoms with Crippen molar-refractivity contribution in [3.63, 3.8) is 0 Å². The number of hydrogen-bond donors (Lipinski definition) is 0. The fourth-order valence-electron chi connectivity index (χ4n) is 16.0. The van der Waals surface area contributed by atoms with Gasteiger partial charge in [0, 0.05) is 154 Å². The number of imidazole rings is 1. The van der Waals surface area contributed by atoms with Crippen molar-refractivity contribution in [3.8, 4) is 62.3 Å². The summed E-state index contributed by atoms with van der Waals surface area (Å²) in [6.07, 6.45) is 12.4. The van der Waals surface area contributed by atoms with E-state index in [1.165, 1.54) is 32.3 Å². The van der Waals surface area contributed by atoms with Crippen molar-refractivity contribution in [3.05, 3.63) is 529 Å². The minimum atomic E-state index is -0.649. The predicted molar refractivity (Wildman–Crippen MR) is 567 cm³/mol. The average molecular weight is 2640 g/mol. The van der Waals surface area contributed by atoms with Crippen molar-refractivity contribution >= 4 is 140 Å². The van der Waals surface area contributed by atoms with Crippen LogP contribution in [-0.4, -0.2) is 51.5 Å². The van der Waals surface area contributed by atoms with Gasteiger partial charge in [-0.25, -0.2) is 19.9 Å². The molecule has 28 rings (SSSR count). The van der Waals surface area contributed by atoms with Crippen molar-refractivity contribution in [2.24, 2.45) is 7.05 Å². The molecule has 24 aromatic rings. The first-order valence-corrected chi connectivity index (χ1v) is 46.0. The predicted octanol–water partition coefficient (Wildman–Crippen LogP) is 31.8. The van der Waals surface area contributed by atoms with Gasteiger partial charge in [-0.05, 0) is 152 Å². The molecule has 0 atom stereocenters. The fourth-order valence-corrected chi connectivity index (χ4v) is 16.0. The van der Waals surface area contributed by atoms with Crippen molar-refractivity contribution in [2.45, 2.75) is 0 Å². The Labute approximate surface area is 904 Å². The topological polar surface area (TPSA) is 235 Å². The Balaban J connectivity index is 0.000000115. The Kier molecular flexibility index (Phi) is 33.5. The minimum Gasteiger partial charge on any atom is -0.624 e. The molecule has 0 amide bonds. The van der Waals surface area contributed by atoms with Crippen LogP contribution in [0.4, 0.5) is 37.2 Å². The summed E-state index contributed by atoms with van der Waals surface area (Å²) in [4.78, 5) is 37.4. The first kappa shape index (κ1) is 102. The standard InChI is InChI=1S/C19H12N.C17H15N4.3C15H9N2O2.2C15H10N.C11H6F2N.4Ir/c1-2-7-16-13-17(10-9-14(16)5-1)19-12-11-15-6-3-4-8-18(15)20-19;1-20-14-9-5-3-7-12(14)18-16(20)11-17-19-13-8-4-6-10-15(13)21(17)2;3*1-3-7-12-10(5-1)16-14(18-12)9-15-17-11-6-2-4-8-13(11)19-15;1-2-7-13(8-3-1)15-14-9-5-4-6-12(14)10-11-16-15;1-2-6-12(7-3-1)15-10-13-8-4-5-9-14(13)11-16-15;12-8-4-5-9(10(13)7-8)11-3-1-2-6-14-11;;;;/h1-9,11-13H;3-11H,1-2H3;3*1-9H;1-7,9-11H;1-6,8-11H;1-4,6-7H;;;;/q8*-1;;;;. The van der Waals surface area contributed by atoms with Crippen LogP contribution in [0, 0.1) is 35.9 Å². The van der Waals surface area contributed by atoms with Gasteiger partial charge in [0.1, 0.15) is 39.6 Å². The van der Waals surface area contributed by atoms with Crippen LogP contribution in [0.2, 0.25) is 0 Å². The van der Waals surface area contributed by atoms with Crippen molar-refractivity contribution < 1.29 is 117 Å². The summed E-state index contributed by atoms with van der Waals surface area (Å²) in [5.74, 6) is 5.76.